The van der Waals surface area contributed by atoms with E-state index in [1.807, 2.05) is 0 Å². The number of nitrogens with two attached hydrogens (primary N) is 1. The van der Waals surface area contributed by atoms with E-state index in [1.165, 1.54) is 0 Å². The van der Waals surface area contributed by atoms with Crippen molar-refractivity contribution in [2.75, 3.05) is 11.4 Å². The van der Waals surface area contributed by atoms with Crippen molar-refractivity contribution in [1.82, 2.24) is 9.97 Å². The van der Waals surface area contributed by atoms with E-state index in [-0.39, 0.29) is 11.8 Å². The number of aryl methyl sites for hydroxylation is 1. The van der Waals surface area contributed by atoms with Crippen molar-refractivity contribution in [2.24, 2.45) is 11.7 Å². The molecule has 18 heavy (non-hydrogen) atoms. The molecule has 1 fully saturated rings. The first-order valence-corrected chi connectivity index (χ1v) is 6.42. The Kier molecular flexibility index (Phi) is 3.71. The average molecular weight is 269 g/mol. The number of piperidine rings is 1. The molecule has 2 rings (SSSR count). The number of anilines is 1. The lowest BCUT2D eigenvalue weighted by Gasteiger charge is -2.37. The zero-order valence-corrected chi connectivity index (χ0v) is 11.3. The molecule has 0 aliphatic carbocycles. The minimum atomic E-state index is -0.247. The molecular weight excluding hydrogens is 252 g/mol. The highest BCUT2D eigenvalue weighted by molar-refractivity contribution is 6.29. The summed E-state index contributed by atoms with van der Waals surface area (Å²) in [5.74, 6) is 1.04. The normalized spacial score (nSPS) is 24.1. The molecule has 1 aliphatic rings. The molecule has 1 amide bonds. The number of primary amides is 1. The summed E-state index contributed by atoms with van der Waals surface area (Å²) in [7, 11) is 0. The van der Waals surface area contributed by atoms with Gasteiger partial charge in [-0.3, -0.25) is 4.79 Å². The van der Waals surface area contributed by atoms with Crippen molar-refractivity contribution in [3.63, 3.8) is 0 Å². The van der Waals surface area contributed by atoms with Crippen LogP contribution >= 0.6 is 11.6 Å². The molecule has 1 aromatic heterocycles. The second-order valence-corrected chi connectivity index (χ2v) is 5.16. The molecule has 0 radical (unpaired) electrons. The van der Waals surface area contributed by atoms with Gasteiger partial charge < -0.3 is 10.6 Å². The number of halogens is 1. The van der Waals surface area contributed by atoms with Crippen molar-refractivity contribution in [2.45, 2.75) is 32.7 Å². The van der Waals surface area contributed by atoms with Crippen LogP contribution in [-0.2, 0) is 4.79 Å². The van der Waals surface area contributed by atoms with Gasteiger partial charge in [0.25, 0.3) is 0 Å². The fourth-order valence-electron chi connectivity index (χ4n) is 2.32. The Morgan fingerprint density at radius 3 is 2.83 bits per heavy atom. The molecule has 6 heteroatoms. The standard InChI is InChI=1S/C12H17ClN4O/c1-7-3-4-9(12(14)18)6-17(7)11-5-10(13)15-8(2)16-11/h5,7,9H,3-4,6H2,1-2H3,(H2,14,18). The Morgan fingerprint density at radius 2 is 2.22 bits per heavy atom. The van der Waals surface area contributed by atoms with E-state index in [2.05, 4.69) is 21.8 Å². The predicted octanol–water partition coefficient (Wildman–Crippen LogP) is 1.53. The maximum absolute atomic E-state index is 11.3. The zero-order valence-electron chi connectivity index (χ0n) is 10.6. The highest BCUT2D eigenvalue weighted by Crippen LogP contribution is 2.27. The highest BCUT2D eigenvalue weighted by Gasteiger charge is 2.29. The monoisotopic (exact) mass is 268 g/mol. The zero-order chi connectivity index (χ0) is 13.3. The molecule has 5 nitrogen and oxygen atoms in total. The Hall–Kier alpha value is -1.36. The number of amides is 1. The number of aromatic nitrogens is 2. The van der Waals surface area contributed by atoms with Gasteiger partial charge in [0.2, 0.25) is 5.91 Å². The van der Waals surface area contributed by atoms with Crippen LogP contribution in [0.5, 0.6) is 0 Å². The van der Waals surface area contributed by atoms with Gasteiger partial charge in [0.1, 0.15) is 16.8 Å². The molecule has 0 saturated carbocycles. The SMILES string of the molecule is Cc1nc(Cl)cc(N2CC(C(N)=O)CCC2C)n1. The maximum Gasteiger partial charge on any atom is 0.222 e. The third kappa shape index (κ3) is 2.72. The minimum absolute atomic E-state index is 0.116. The van der Waals surface area contributed by atoms with Crippen LogP contribution in [0.3, 0.4) is 0 Å². The molecule has 0 bridgehead atoms. The van der Waals surface area contributed by atoms with Crippen LogP contribution in [0.25, 0.3) is 0 Å². The van der Waals surface area contributed by atoms with Gasteiger partial charge in [-0.15, -0.1) is 0 Å². The third-order valence-electron chi connectivity index (χ3n) is 3.37. The van der Waals surface area contributed by atoms with E-state index in [9.17, 15) is 4.79 Å². The largest absolute Gasteiger partial charge is 0.369 e. The summed E-state index contributed by atoms with van der Waals surface area (Å²) in [5, 5.41) is 0.422. The van der Waals surface area contributed by atoms with Crippen molar-refractivity contribution in [1.29, 1.82) is 0 Å². The predicted molar refractivity (Wildman–Crippen MR) is 70.5 cm³/mol. The first-order chi connectivity index (χ1) is 8.47. The summed E-state index contributed by atoms with van der Waals surface area (Å²) < 4.78 is 0. The lowest BCUT2D eigenvalue weighted by atomic mass is 9.93. The molecule has 2 N–H and O–H groups in total. The molecule has 1 saturated heterocycles. The molecule has 2 atom stereocenters. The summed E-state index contributed by atoms with van der Waals surface area (Å²) in [6.07, 6.45) is 1.76. The van der Waals surface area contributed by atoms with Crippen molar-refractivity contribution in [3.8, 4) is 0 Å². The molecule has 1 aromatic rings. The number of nitrogens with zero attached hydrogens (tertiary/aromatic N) is 3. The van der Waals surface area contributed by atoms with Gasteiger partial charge in [0, 0.05) is 18.7 Å². The molecule has 0 spiro atoms. The second kappa shape index (κ2) is 5.10. The number of hydrogen-bond donors (Lipinski definition) is 1. The molecular formula is C12H17ClN4O. The third-order valence-corrected chi connectivity index (χ3v) is 3.57. The van der Waals surface area contributed by atoms with Crippen LogP contribution in [0.4, 0.5) is 5.82 Å². The summed E-state index contributed by atoms with van der Waals surface area (Å²) in [4.78, 5) is 21.8. The van der Waals surface area contributed by atoms with E-state index < -0.39 is 0 Å². The molecule has 2 unspecified atom stereocenters. The smallest absolute Gasteiger partial charge is 0.222 e. The van der Waals surface area contributed by atoms with Crippen LogP contribution in [0.2, 0.25) is 5.15 Å². The van der Waals surface area contributed by atoms with Gasteiger partial charge in [-0.1, -0.05) is 11.6 Å². The Morgan fingerprint density at radius 1 is 1.50 bits per heavy atom. The van der Waals surface area contributed by atoms with Crippen LogP contribution in [-0.4, -0.2) is 28.5 Å². The van der Waals surface area contributed by atoms with E-state index in [1.54, 1.807) is 13.0 Å². The number of hydrogen-bond acceptors (Lipinski definition) is 4. The summed E-state index contributed by atoms with van der Waals surface area (Å²) in [6.45, 7) is 4.52. The fourth-order valence-corrected chi connectivity index (χ4v) is 2.54. The minimum Gasteiger partial charge on any atom is -0.369 e. The van der Waals surface area contributed by atoms with Gasteiger partial charge in [0.15, 0.2) is 0 Å². The molecule has 2 heterocycles. The van der Waals surface area contributed by atoms with E-state index in [0.29, 0.717) is 23.6 Å². The Labute approximate surface area is 111 Å². The fraction of sp³-hybridized carbons (Fsp3) is 0.583. The van der Waals surface area contributed by atoms with Gasteiger partial charge >= 0.3 is 0 Å². The molecule has 1 aliphatic heterocycles. The first kappa shape index (κ1) is 13.1. The Balaban J connectivity index is 2.26. The average Bonchev–Trinajstić information content (AvgIpc) is 2.27. The van der Waals surface area contributed by atoms with Crippen LogP contribution in [0, 0.1) is 12.8 Å². The summed E-state index contributed by atoms with van der Waals surface area (Å²) in [5.41, 5.74) is 5.39. The van der Waals surface area contributed by atoms with Crippen LogP contribution < -0.4 is 10.6 Å². The Bertz CT molecular complexity index is 445. The highest BCUT2D eigenvalue weighted by atomic mass is 35.5. The van der Waals surface area contributed by atoms with Gasteiger partial charge in [-0.05, 0) is 26.7 Å². The maximum atomic E-state index is 11.3. The number of carbonyl (C=O) groups excluding carboxylic acids is 1. The van der Waals surface area contributed by atoms with Gasteiger partial charge in [-0.2, -0.15) is 0 Å². The number of carbonyl (C=O) groups is 1. The van der Waals surface area contributed by atoms with Gasteiger partial charge in [-0.25, -0.2) is 9.97 Å². The lowest BCUT2D eigenvalue weighted by Crippen LogP contribution is -2.46. The lowest BCUT2D eigenvalue weighted by molar-refractivity contribution is -0.122. The molecule has 98 valence electrons. The quantitative estimate of drug-likeness (QED) is 0.826. The first-order valence-electron chi connectivity index (χ1n) is 6.04. The van der Waals surface area contributed by atoms with Crippen molar-refractivity contribution in [3.05, 3.63) is 17.0 Å². The van der Waals surface area contributed by atoms with Crippen molar-refractivity contribution >= 4 is 23.3 Å². The summed E-state index contributed by atoms with van der Waals surface area (Å²) >= 11 is 5.95. The van der Waals surface area contributed by atoms with E-state index in [4.69, 9.17) is 17.3 Å². The van der Waals surface area contributed by atoms with Crippen LogP contribution in [0.1, 0.15) is 25.6 Å². The number of rotatable bonds is 2. The topological polar surface area (TPSA) is 72.1 Å². The van der Waals surface area contributed by atoms with E-state index in [0.717, 1.165) is 18.7 Å². The van der Waals surface area contributed by atoms with Gasteiger partial charge in [0.05, 0.1) is 5.92 Å². The van der Waals surface area contributed by atoms with Crippen molar-refractivity contribution < 1.29 is 4.79 Å². The van der Waals surface area contributed by atoms with E-state index >= 15 is 0 Å². The molecule has 0 aromatic carbocycles. The second-order valence-electron chi connectivity index (χ2n) is 4.77. The summed E-state index contributed by atoms with van der Waals surface area (Å²) in [6, 6.07) is 2.06. The van der Waals surface area contributed by atoms with Crippen LogP contribution in [0.15, 0.2) is 6.07 Å².